The van der Waals surface area contributed by atoms with E-state index in [4.69, 9.17) is 11.6 Å². The molecule has 4 heteroatoms. The van der Waals surface area contributed by atoms with Gasteiger partial charge in [-0.1, -0.05) is 27.5 Å². The van der Waals surface area contributed by atoms with Crippen molar-refractivity contribution in [2.75, 3.05) is 5.33 Å². The van der Waals surface area contributed by atoms with Crippen molar-refractivity contribution in [2.24, 2.45) is 0 Å². The second-order valence-electron chi connectivity index (χ2n) is 2.80. The van der Waals surface area contributed by atoms with Crippen molar-refractivity contribution in [3.63, 3.8) is 0 Å². The van der Waals surface area contributed by atoms with Crippen molar-refractivity contribution in [1.29, 1.82) is 0 Å². The molecule has 0 fully saturated rings. The highest BCUT2D eigenvalue weighted by Gasteiger charge is 2.03. The molecule has 0 amide bonds. The summed E-state index contributed by atoms with van der Waals surface area (Å²) in [5, 5.41) is 2.75. The van der Waals surface area contributed by atoms with Gasteiger partial charge in [-0.15, -0.1) is 0 Å². The predicted octanol–water partition coefficient (Wildman–Crippen LogP) is 3.15. The third-order valence-electron chi connectivity index (χ3n) is 1.95. The third kappa shape index (κ3) is 1.71. The standard InChI is InChI=1S/C9H8BrClN2/c10-2-1-6-4-12-9-8(6)3-7(11)5-13-9/h3-5H,1-2H2,(H,12,13). The summed E-state index contributed by atoms with van der Waals surface area (Å²) in [4.78, 5) is 7.29. The summed E-state index contributed by atoms with van der Waals surface area (Å²) in [6.45, 7) is 0. The lowest BCUT2D eigenvalue weighted by Crippen LogP contribution is -1.83. The molecule has 2 nitrogen and oxygen atoms in total. The van der Waals surface area contributed by atoms with E-state index in [1.165, 1.54) is 5.56 Å². The number of aryl methyl sites for hydroxylation is 1. The number of aromatic amines is 1. The SMILES string of the molecule is Clc1cnc2[nH]cc(CCBr)c2c1. The van der Waals surface area contributed by atoms with Crippen LogP contribution in [-0.4, -0.2) is 15.3 Å². The molecule has 0 atom stereocenters. The molecular formula is C9H8BrClN2. The van der Waals surface area contributed by atoms with E-state index in [1.54, 1.807) is 6.20 Å². The zero-order valence-electron chi connectivity index (χ0n) is 6.85. The minimum Gasteiger partial charge on any atom is -0.346 e. The minimum absolute atomic E-state index is 0.683. The van der Waals surface area contributed by atoms with E-state index in [0.717, 1.165) is 22.8 Å². The van der Waals surface area contributed by atoms with Crippen LogP contribution in [0.4, 0.5) is 0 Å². The molecule has 0 bridgehead atoms. The quantitative estimate of drug-likeness (QED) is 0.825. The Kier molecular flexibility index (Phi) is 2.56. The second kappa shape index (κ2) is 3.68. The molecule has 13 heavy (non-hydrogen) atoms. The topological polar surface area (TPSA) is 28.7 Å². The third-order valence-corrected chi connectivity index (χ3v) is 2.55. The summed E-state index contributed by atoms with van der Waals surface area (Å²) in [5.74, 6) is 0. The number of hydrogen-bond acceptors (Lipinski definition) is 1. The van der Waals surface area contributed by atoms with E-state index in [9.17, 15) is 0 Å². The van der Waals surface area contributed by atoms with Crippen LogP contribution >= 0.6 is 27.5 Å². The summed E-state index contributed by atoms with van der Waals surface area (Å²) in [5.41, 5.74) is 2.15. The molecule has 2 rings (SSSR count). The molecule has 0 aromatic carbocycles. The number of aromatic nitrogens is 2. The molecule has 2 aromatic heterocycles. The second-order valence-corrected chi connectivity index (χ2v) is 4.03. The number of rotatable bonds is 2. The number of halogens is 2. The lowest BCUT2D eigenvalue weighted by molar-refractivity contribution is 1.18. The van der Waals surface area contributed by atoms with E-state index >= 15 is 0 Å². The molecule has 2 aromatic rings. The highest BCUT2D eigenvalue weighted by atomic mass is 79.9. The van der Waals surface area contributed by atoms with E-state index in [-0.39, 0.29) is 0 Å². The molecular weight excluding hydrogens is 251 g/mol. The fraction of sp³-hybridized carbons (Fsp3) is 0.222. The van der Waals surface area contributed by atoms with Crippen molar-refractivity contribution in [2.45, 2.75) is 6.42 Å². The van der Waals surface area contributed by atoms with Crippen LogP contribution in [0.15, 0.2) is 18.5 Å². The number of hydrogen-bond donors (Lipinski definition) is 1. The first-order chi connectivity index (χ1) is 6.31. The molecule has 0 saturated heterocycles. The number of pyridine rings is 1. The Labute approximate surface area is 89.4 Å². The fourth-order valence-corrected chi connectivity index (χ4v) is 1.93. The Morgan fingerprint density at radius 2 is 2.38 bits per heavy atom. The van der Waals surface area contributed by atoms with Gasteiger partial charge in [-0.2, -0.15) is 0 Å². The van der Waals surface area contributed by atoms with Crippen molar-refractivity contribution < 1.29 is 0 Å². The van der Waals surface area contributed by atoms with Gasteiger partial charge in [0.15, 0.2) is 0 Å². The number of nitrogens with one attached hydrogen (secondary N) is 1. The Morgan fingerprint density at radius 3 is 3.15 bits per heavy atom. The van der Waals surface area contributed by atoms with E-state index in [0.29, 0.717) is 5.02 Å². The summed E-state index contributed by atoms with van der Waals surface area (Å²) in [7, 11) is 0. The van der Waals surface area contributed by atoms with Gasteiger partial charge in [0.25, 0.3) is 0 Å². The first-order valence-electron chi connectivity index (χ1n) is 3.98. The average Bonchev–Trinajstić information content (AvgIpc) is 2.49. The Bertz CT molecular complexity index is 424. The van der Waals surface area contributed by atoms with Gasteiger partial charge in [0.05, 0.1) is 5.02 Å². The molecule has 0 saturated carbocycles. The smallest absolute Gasteiger partial charge is 0.137 e. The van der Waals surface area contributed by atoms with Crippen molar-refractivity contribution in [3.8, 4) is 0 Å². The molecule has 68 valence electrons. The Morgan fingerprint density at radius 1 is 1.54 bits per heavy atom. The predicted molar refractivity (Wildman–Crippen MR) is 58.6 cm³/mol. The molecule has 0 aliphatic carbocycles. The van der Waals surface area contributed by atoms with Crippen LogP contribution in [0.3, 0.4) is 0 Å². The number of H-pyrrole nitrogens is 1. The van der Waals surface area contributed by atoms with Crippen LogP contribution in [-0.2, 0) is 6.42 Å². The van der Waals surface area contributed by atoms with Gasteiger partial charge in [0, 0.05) is 23.1 Å². The highest BCUT2D eigenvalue weighted by Crippen LogP contribution is 2.20. The highest BCUT2D eigenvalue weighted by molar-refractivity contribution is 9.09. The molecule has 0 aliphatic heterocycles. The van der Waals surface area contributed by atoms with Crippen molar-refractivity contribution in [1.82, 2.24) is 9.97 Å². The first-order valence-corrected chi connectivity index (χ1v) is 5.48. The van der Waals surface area contributed by atoms with Gasteiger partial charge in [0.2, 0.25) is 0 Å². The number of alkyl halides is 1. The molecule has 0 unspecified atom stereocenters. The van der Waals surface area contributed by atoms with Crippen LogP contribution in [0.2, 0.25) is 5.02 Å². The van der Waals surface area contributed by atoms with Crippen molar-refractivity contribution >= 4 is 38.6 Å². The molecule has 0 radical (unpaired) electrons. The van der Waals surface area contributed by atoms with Gasteiger partial charge in [-0.25, -0.2) is 4.98 Å². The van der Waals surface area contributed by atoms with Gasteiger partial charge >= 0.3 is 0 Å². The van der Waals surface area contributed by atoms with Crippen LogP contribution in [0.1, 0.15) is 5.56 Å². The summed E-state index contributed by atoms with van der Waals surface area (Å²) in [6, 6.07) is 1.94. The van der Waals surface area contributed by atoms with Gasteiger partial charge < -0.3 is 4.98 Å². The Balaban J connectivity index is 2.58. The van der Waals surface area contributed by atoms with Crippen LogP contribution in [0, 0.1) is 0 Å². The summed E-state index contributed by atoms with van der Waals surface area (Å²) in [6.07, 6.45) is 4.62. The lowest BCUT2D eigenvalue weighted by atomic mass is 10.2. The van der Waals surface area contributed by atoms with Gasteiger partial charge in [-0.05, 0) is 18.1 Å². The van der Waals surface area contributed by atoms with Crippen LogP contribution in [0.25, 0.3) is 11.0 Å². The summed E-state index contributed by atoms with van der Waals surface area (Å²) >= 11 is 9.27. The average molecular weight is 260 g/mol. The summed E-state index contributed by atoms with van der Waals surface area (Å²) < 4.78 is 0. The maximum absolute atomic E-state index is 5.86. The van der Waals surface area contributed by atoms with Gasteiger partial charge in [0.1, 0.15) is 5.65 Å². The van der Waals surface area contributed by atoms with Crippen LogP contribution < -0.4 is 0 Å². The zero-order chi connectivity index (χ0) is 9.26. The minimum atomic E-state index is 0.683. The molecule has 2 heterocycles. The molecule has 1 N–H and O–H groups in total. The van der Waals surface area contributed by atoms with E-state index in [1.807, 2.05) is 12.3 Å². The van der Waals surface area contributed by atoms with E-state index < -0.39 is 0 Å². The van der Waals surface area contributed by atoms with Crippen LogP contribution in [0.5, 0.6) is 0 Å². The monoisotopic (exact) mass is 258 g/mol. The largest absolute Gasteiger partial charge is 0.346 e. The lowest BCUT2D eigenvalue weighted by Gasteiger charge is -1.94. The molecule has 0 spiro atoms. The zero-order valence-corrected chi connectivity index (χ0v) is 9.19. The molecule has 0 aliphatic rings. The van der Waals surface area contributed by atoms with Crippen molar-refractivity contribution in [3.05, 3.63) is 29.0 Å². The number of nitrogens with zero attached hydrogens (tertiary/aromatic N) is 1. The van der Waals surface area contributed by atoms with E-state index in [2.05, 4.69) is 25.9 Å². The normalized spacial score (nSPS) is 10.9. The first kappa shape index (κ1) is 9.03. The maximum atomic E-state index is 5.86. The maximum Gasteiger partial charge on any atom is 0.137 e. The Hall–Kier alpha value is -0.540. The van der Waals surface area contributed by atoms with Gasteiger partial charge in [-0.3, -0.25) is 0 Å². The number of fused-ring (bicyclic) bond motifs is 1. The fourth-order valence-electron chi connectivity index (χ4n) is 1.34.